The lowest BCUT2D eigenvalue weighted by Gasteiger charge is -2.10. The van der Waals surface area contributed by atoms with Crippen LogP contribution in [-0.4, -0.2) is 30.1 Å². The van der Waals surface area contributed by atoms with E-state index in [1.54, 1.807) is 24.3 Å². The van der Waals surface area contributed by atoms with E-state index in [0.29, 0.717) is 10.9 Å². The highest BCUT2D eigenvalue weighted by Gasteiger charge is 2.21. The summed E-state index contributed by atoms with van der Waals surface area (Å²) in [5, 5.41) is 0.710. The van der Waals surface area contributed by atoms with Crippen molar-refractivity contribution in [1.29, 1.82) is 0 Å². The summed E-state index contributed by atoms with van der Waals surface area (Å²) in [5.41, 5.74) is 6.53. The van der Waals surface area contributed by atoms with Crippen LogP contribution in [0.25, 0.3) is 10.9 Å². The number of ether oxygens (including phenoxy) is 1. The number of nitrogens with two attached hydrogens (primary N) is 1. The Morgan fingerprint density at radius 1 is 1.08 bits per heavy atom. The molecule has 0 spiro atoms. The molecule has 3 aromatic rings. The van der Waals surface area contributed by atoms with Gasteiger partial charge in [-0.1, -0.05) is 31.2 Å². The van der Waals surface area contributed by atoms with Crippen LogP contribution in [0.2, 0.25) is 0 Å². The maximum absolute atomic E-state index is 12.4. The molecule has 26 heavy (non-hydrogen) atoms. The molecule has 1 heterocycles. The average molecular weight is 371 g/mol. The molecule has 0 aliphatic heterocycles. The Labute approximate surface area is 150 Å². The Kier molecular flexibility index (Phi) is 4.85. The molecule has 2 aromatic carbocycles. The highest BCUT2D eigenvalue weighted by Crippen LogP contribution is 2.20. The average Bonchev–Trinajstić information content (AvgIpc) is 2.66. The van der Waals surface area contributed by atoms with Gasteiger partial charge in [0.25, 0.3) is 0 Å². The predicted octanol–water partition coefficient (Wildman–Crippen LogP) is 2.36. The highest BCUT2D eigenvalue weighted by molar-refractivity contribution is 7.91. The fourth-order valence-corrected chi connectivity index (χ4v) is 3.57. The number of para-hydroxylation sites is 1. The van der Waals surface area contributed by atoms with Crippen molar-refractivity contribution in [2.24, 2.45) is 0 Å². The molecule has 8 heteroatoms. The van der Waals surface area contributed by atoms with E-state index in [1.807, 2.05) is 12.1 Å². The third kappa shape index (κ3) is 3.50. The molecule has 0 fully saturated rings. The van der Waals surface area contributed by atoms with Gasteiger partial charge in [0.15, 0.2) is 22.3 Å². The largest absolute Gasteiger partial charge is 0.454 e. The number of carbonyl (C=O) groups is 1. The first-order valence-corrected chi connectivity index (χ1v) is 9.57. The van der Waals surface area contributed by atoms with Crippen molar-refractivity contribution in [3.63, 3.8) is 0 Å². The van der Waals surface area contributed by atoms with Crippen LogP contribution in [0.1, 0.15) is 23.1 Å². The zero-order valence-electron chi connectivity index (χ0n) is 14.0. The molecular weight excluding hydrogens is 354 g/mol. The van der Waals surface area contributed by atoms with Gasteiger partial charge in [0, 0.05) is 5.39 Å². The van der Waals surface area contributed by atoms with Crippen molar-refractivity contribution in [1.82, 2.24) is 9.97 Å². The number of hydrogen-bond acceptors (Lipinski definition) is 7. The Morgan fingerprint density at radius 3 is 2.54 bits per heavy atom. The van der Waals surface area contributed by atoms with Gasteiger partial charge in [-0.3, -0.25) is 0 Å². The minimum atomic E-state index is -3.54. The second kappa shape index (κ2) is 7.09. The van der Waals surface area contributed by atoms with Gasteiger partial charge in [0.05, 0.1) is 21.7 Å². The van der Waals surface area contributed by atoms with Crippen LogP contribution in [-0.2, 0) is 21.2 Å². The van der Waals surface area contributed by atoms with E-state index in [0.717, 1.165) is 0 Å². The van der Waals surface area contributed by atoms with E-state index in [-0.39, 0.29) is 34.5 Å². The van der Waals surface area contributed by atoms with Gasteiger partial charge in [-0.05, 0) is 24.3 Å². The second-order valence-corrected chi connectivity index (χ2v) is 7.76. The van der Waals surface area contributed by atoms with Crippen LogP contribution in [0.5, 0.6) is 0 Å². The number of nitrogen functional groups attached to an aromatic ring is 1. The van der Waals surface area contributed by atoms with Crippen molar-refractivity contribution in [2.45, 2.75) is 18.4 Å². The minimum absolute atomic E-state index is 0.0110. The van der Waals surface area contributed by atoms with Crippen molar-refractivity contribution in [3.05, 3.63) is 59.9 Å². The van der Waals surface area contributed by atoms with Gasteiger partial charge in [-0.15, -0.1) is 0 Å². The Hall–Kier alpha value is -3.00. The third-order valence-electron chi connectivity index (χ3n) is 3.83. The number of fused-ring (bicyclic) bond motifs is 1. The Balaban J connectivity index is 1.84. The number of carbonyl (C=O) groups excluding carboxylic acids is 1. The van der Waals surface area contributed by atoms with Crippen LogP contribution in [0, 0.1) is 0 Å². The summed E-state index contributed by atoms with van der Waals surface area (Å²) in [5.74, 6) is -0.337. The maximum atomic E-state index is 12.4. The lowest BCUT2D eigenvalue weighted by molar-refractivity contribution is 0.0458. The molecule has 0 aliphatic rings. The molecule has 0 unspecified atom stereocenters. The first-order chi connectivity index (χ1) is 12.4. The SMILES string of the molecule is CCS(=O)(=O)c1ccccc1C(=O)OCc1nc(N)c2ccccc2n1. The standard InChI is InChI=1S/C18H17N3O4S/c1-2-26(23,24)15-10-6-4-8-13(15)18(22)25-11-16-20-14-9-5-3-7-12(14)17(19)21-16/h3-10H,2,11H2,1H3,(H2,19,20,21). The number of aromatic nitrogens is 2. The zero-order chi connectivity index (χ0) is 18.7. The summed E-state index contributed by atoms with van der Waals surface area (Å²) in [6, 6.07) is 13.2. The minimum Gasteiger partial charge on any atom is -0.454 e. The number of esters is 1. The molecule has 1 aromatic heterocycles. The number of hydrogen-bond donors (Lipinski definition) is 1. The summed E-state index contributed by atoms with van der Waals surface area (Å²) in [6.07, 6.45) is 0. The van der Waals surface area contributed by atoms with Gasteiger partial charge in [0.2, 0.25) is 0 Å². The molecule has 0 atom stereocenters. The van der Waals surface area contributed by atoms with Gasteiger partial charge < -0.3 is 10.5 Å². The number of benzene rings is 2. The molecule has 0 amide bonds. The fraction of sp³-hybridized carbons (Fsp3) is 0.167. The molecule has 0 saturated carbocycles. The van der Waals surface area contributed by atoms with Crippen LogP contribution >= 0.6 is 0 Å². The smallest absolute Gasteiger partial charge is 0.339 e. The Bertz CT molecular complexity index is 1080. The fourth-order valence-electron chi connectivity index (χ4n) is 2.49. The molecule has 3 rings (SSSR count). The molecule has 0 bridgehead atoms. The summed E-state index contributed by atoms with van der Waals surface area (Å²) in [7, 11) is -3.54. The predicted molar refractivity (Wildman–Crippen MR) is 97.2 cm³/mol. The summed E-state index contributed by atoms with van der Waals surface area (Å²) < 4.78 is 29.5. The Morgan fingerprint density at radius 2 is 1.77 bits per heavy atom. The number of sulfone groups is 1. The molecule has 7 nitrogen and oxygen atoms in total. The zero-order valence-corrected chi connectivity index (χ0v) is 14.9. The van der Waals surface area contributed by atoms with E-state index in [1.165, 1.54) is 19.1 Å². The maximum Gasteiger partial charge on any atom is 0.339 e. The lowest BCUT2D eigenvalue weighted by atomic mass is 10.2. The quantitative estimate of drug-likeness (QED) is 0.685. The number of anilines is 1. The van der Waals surface area contributed by atoms with E-state index in [2.05, 4.69) is 9.97 Å². The normalized spacial score (nSPS) is 11.4. The van der Waals surface area contributed by atoms with Crippen LogP contribution < -0.4 is 5.73 Å². The van der Waals surface area contributed by atoms with Gasteiger partial charge in [0.1, 0.15) is 5.82 Å². The van der Waals surface area contributed by atoms with E-state index in [4.69, 9.17) is 10.5 Å². The van der Waals surface area contributed by atoms with Crippen molar-refractivity contribution in [3.8, 4) is 0 Å². The van der Waals surface area contributed by atoms with E-state index >= 15 is 0 Å². The van der Waals surface area contributed by atoms with Crippen LogP contribution in [0.15, 0.2) is 53.4 Å². The molecule has 0 saturated heterocycles. The summed E-state index contributed by atoms with van der Waals surface area (Å²) in [4.78, 5) is 20.8. The van der Waals surface area contributed by atoms with Gasteiger partial charge >= 0.3 is 5.97 Å². The molecule has 0 radical (unpaired) electrons. The van der Waals surface area contributed by atoms with Crippen molar-refractivity contribution >= 4 is 32.5 Å². The third-order valence-corrected chi connectivity index (χ3v) is 5.62. The topological polar surface area (TPSA) is 112 Å². The first kappa shape index (κ1) is 17.8. The van der Waals surface area contributed by atoms with Crippen molar-refractivity contribution < 1.29 is 17.9 Å². The highest BCUT2D eigenvalue weighted by atomic mass is 32.2. The molecule has 2 N–H and O–H groups in total. The van der Waals surface area contributed by atoms with Crippen LogP contribution in [0.4, 0.5) is 5.82 Å². The van der Waals surface area contributed by atoms with E-state index in [9.17, 15) is 13.2 Å². The van der Waals surface area contributed by atoms with Gasteiger partial charge in [-0.25, -0.2) is 23.2 Å². The molecular formula is C18H17N3O4S. The van der Waals surface area contributed by atoms with Gasteiger partial charge in [-0.2, -0.15) is 0 Å². The second-order valence-electron chi connectivity index (χ2n) is 5.52. The first-order valence-electron chi connectivity index (χ1n) is 7.92. The number of nitrogens with zero attached hydrogens (tertiary/aromatic N) is 2. The number of rotatable bonds is 5. The summed E-state index contributed by atoms with van der Waals surface area (Å²) >= 11 is 0. The molecule has 0 aliphatic carbocycles. The summed E-state index contributed by atoms with van der Waals surface area (Å²) in [6.45, 7) is 1.30. The van der Waals surface area contributed by atoms with Crippen LogP contribution in [0.3, 0.4) is 0 Å². The molecule has 134 valence electrons. The van der Waals surface area contributed by atoms with E-state index < -0.39 is 15.8 Å². The van der Waals surface area contributed by atoms with Crippen molar-refractivity contribution in [2.75, 3.05) is 11.5 Å². The monoisotopic (exact) mass is 371 g/mol. The lowest BCUT2D eigenvalue weighted by Crippen LogP contribution is -2.14.